The molecule has 0 amide bonds. The normalized spacial score (nSPS) is 12.6. The van der Waals surface area contributed by atoms with Gasteiger partial charge >= 0.3 is 0 Å². The monoisotopic (exact) mass is 231 g/mol. The molecule has 1 atom stereocenters. The largest absolute Gasteiger partial charge is 0.423 e. The topological polar surface area (TPSA) is 51.0 Å². The van der Waals surface area contributed by atoms with E-state index in [1.165, 1.54) is 5.56 Å². The molecule has 0 bridgehead atoms. The van der Waals surface area contributed by atoms with Gasteiger partial charge in [0.1, 0.15) is 0 Å². The molecule has 90 valence electrons. The van der Waals surface area contributed by atoms with Crippen LogP contribution in [-0.4, -0.2) is 17.2 Å². The zero-order chi connectivity index (χ0) is 12.1. The minimum Gasteiger partial charge on any atom is -0.423 e. The van der Waals surface area contributed by atoms with Gasteiger partial charge in [0.15, 0.2) is 0 Å². The Labute approximate surface area is 101 Å². The van der Waals surface area contributed by atoms with Gasteiger partial charge < -0.3 is 9.73 Å². The Kier molecular flexibility index (Phi) is 3.88. The fourth-order valence-electron chi connectivity index (χ4n) is 1.75. The molecule has 0 aliphatic rings. The smallest absolute Gasteiger partial charge is 0.233 e. The van der Waals surface area contributed by atoms with Crippen LogP contribution in [0.15, 0.2) is 34.7 Å². The van der Waals surface area contributed by atoms with E-state index in [1.54, 1.807) is 0 Å². The van der Waals surface area contributed by atoms with Crippen LogP contribution in [0.4, 0.5) is 0 Å². The molecule has 17 heavy (non-hydrogen) atoms. The molecule has 1 heterocycles. The first-order chi connectivity index (χ1) is 8.33. The van der Waals surface area contributed by atoms with Crippen LogP contribution in [0.3, 0.4) is 0 Å². The van der Waals surface area contributed by atoms with Crippen molar-refractivity contribution in [2.75, 3.05) is 7.05 Å². The third-order valence-corrected chi connectivity index (χ3v) is 2.74. The summed E-state index contributed by atoms with van der Waals surface area (Å²) in [5, 5.41) is 11.3. The number of hydrogen-bond acceptors (Lipinski definition) is 4. The van der Waals surface area contributed by atoms with Crippen LogP contribution in [0.25, 0.3) is 0 Å². The van der Waals surface area contributed by atoms with Crippen molar-refractivity contribution in [1.29, 1.82) is 0 Å². The van der Waals surface area contributed by atoms with E-state index in [1.807, 2.05) is 25.2 Å². The Morgan fingerprint density at radius 2 is 2.00 bits per heavy atom. The number of nitrogens with zero attached hydrogens (tertiary/aromatic N) is 2. The van der Waals surface area contributed by atoms with Gasteiger partial charge in [-0.25, -0.2) is 0 Å². The van der Waals surface area contributed by atoms with Gasteiger partial charge in [0, 0.05) is 0 Å². The van der Waals surface area contributed by atoms with Crippen molar-refractivity contribution in [3.05, 3.63) is 47.7 Å². The minimum absolute atomic E-state index is 0.145. The molecule has 4 nitrogen and oxygen atoms in total. The van der Waals surface area contributed by atoms with E-state index in [4.69, 9.17) is 4.42 Å². The number of rotatable bonds is 5. The predicted octanol–water partition coefficient (Wildman–Crippen LogP) is 2.33. The Morgan fingerprint density at radius 3 is 2.65 bits per heavy atom. The lowest BCUT2D eigenvalue weighted by Gasteiger charge is -2.07. The molecule has 1 unspecified atom stereocenters. The first-order valence-electron chi connectivity index (χ1n) is 5.87. The molecule has 1 aromatic heterocycles. The number of nitrogens with one attached hydrogen (secondary N) is 1. The number of aromatic nitrogens is 2. The molecular formula is C13H17N3O. The molecular weight excluding hydrogens is 214 g/mol. The van der Waals surface area contributed by atoms with Crippen molar-refractivity contribution >= 4 is 0 Å². The molecule has 0 radical (unpaired) electrons. The summed E-state index contributed by atoms with van der Waals surface area (Å²) in [6.45, 7) is 2.09. The molecule has 0 fully saturated rings. The summed E-state index contributed by atoms with van der Waals surface area (Å²) in [4.78, 5) is 0. The first kappa shape index (κ1) is 11.8. The van der Waals surface area contributed by atoms with Crippen molar-refractivity contribution in [1.82, 2.24) is 15.5 Å². The Morgan fingerprint density at radius 1 is 1.24 bits per heavy atom. The van der Waals surface area contributed by atoms with Crippen LogP contribution in [-0.2, 0) is 6.42 Å². The van der Waals surface area contributed by atoms with Crippen LogP contribution < -0.4 is 5.32 Å². The van der Waals surface area contributed by atoms with E-state index in [9.17, 15) is 0 Å². The maximum Gasteiger partial charge on any atom is 0.233 e. The molecule has 0 aliphatic carbocycles. The number of benzene rings is 1. The molecule has 0 spiro atoms. The highest BCUT2D eigenvalue weighted by molar-refractivity contribution is 5.17. The number of hydrogen-bond donors (Lipinski definition) is 1. The van der Waals surface area contributed by atoms with Gasteiger partial charge in [-0.2, -0.15) is 0 Å². The van der Waals surface area contributed by atoms with Gasteiger partial charge in [-0.3, -0.25) is 0 Å². The standard InChI is InChI=1S/C13H17N3O/c1-3-11(14-2)13-16-15-12(17-13)9-10-7-5-4-6-8-10/h4-8,11,14H,3,9H2,1-2H3. The highest BCUT2D eigenvalue weighted by Gasteiger charge is 2.14. The van der Waals surface area contributed by atoms with E-state index in [0.29, 0.717) is 18.2 Å². The maximum atomic E-state index is 5.65. The highest BCUT2D eigenvalue weighted by Crippen LogP contribution is 2.15. The second-order valence-corrected chi connectivity index (χ2v) is 3.95. The van der Waals surface area contributed by atoms with E-state index in [2.05, 4.69) is 34.6 Å². The lowest BCUT2D eigenvalue weighted by molar-refractivity contribution is 0.390. The lowest BCUT2D eigenvalue weighted by atomic mass is 10.1. The van der Waals surface area contributed by atoms with Crippen LogP contribution in [0, 0.1) is 0 Å². The van der Waals surface area contributed by atoms with Gasteiger partial charge in [-0.15, -0.1) is 10.2 Å². The third kappa shape index (κ3) is 2.91. The molecule has 0 saturated heterocycles. The molecule has 0 aliphatic heterocycles. The lowest BCUT2D eigenvalue weighted by Crippen LogP contribution is -2.15. The average Bonchev–Trinajstić information content (AvgIpc) is 2.81. The zero-order valence-electron chi connectivity index (χ0n) is 10.2. The fourth-order valence-corrected chi connectivity index (χ4v) is 1.75. The van der Waals surface area contributed by atoms with Crippen LogP contribution in [0.1, 0.15) is 36.7 Å². The van der Waals surface area contributed by atoms with E-state index >= 15 is 0 Å². The second kappa shape index (κ2) is 5.59. The summed E-state index contributed by atoms with van der Waals surface area (Å²) in [5.74, 6) is 1.33. The average molecular weight is 231 g/mol. The van der Waals surface area contributed by atoms with Gasteiger partial charge in [0.2, 0.25) is 11.8 Å². The molecule has 0 saturated carbocycles. The van der Waals surface area contributed by atoms with E-state index in [0.717, 1.165) is 6.42 Å². The van der Waals surface area contributed by atoms with E-state index < -0.39 is 0 Å². The van der Waals surface area contributed by atoms with Gasteiger partial charge in [0.05, 0.1) is 12.5 Å². The van der Waals surface area contributed by atoms with Crippen molar-refractivity contribution < 1.29 is 4.42 Å². The summed E-state index contributed by atoms with van der Waals surface area (Å²) in [5.41, 5.74) is 1.18. The van der Waals surface area contributed by atoms with Crippen molar-refractivity contribution in [3.8, 4) is 0 Å². The fraction of sp³-hybridized carbons (Fsp3) is 0.385. The zero-order valence-corrected chi connectivity index (χ0v) is 10.2. The molecule has 1 N–H and O–H groups in total. The van der Waals surface area contributed by atoms with Crippen molar-refractivity contribution in [2.45, 2.75) is 25.8 Å². The van der Waals surface area contributed by atoms with Gasteiger partial charge in [-0.1, -0.05) is 37.3 Å². The van der Waals surface area contributed by atoms with Crippen molar-refractivity contribution in [3.63, 3.8) is 0 Å². The Hall–Kier alpha value is -1.68. The van der Waals surface area contributed by atoms with Crippen LogP contribution >= 0.6 is 0 Å². The predicted molar refractivity (Wildman–Crippen MR) is 65.6 cm³/mol. The molecule has 2 aromatic rings. The third-order valence-electron chi connectivity index (χ3n) is 2.74. The minimum atomic E-state index is 0.145. The summed E-state index contributed by atoms with van der Waals surface area (Å²) in [6, 6.07) is 10.3. The summed E-state index contributed by atoms with van der Waals surface area (Å²) >= 11 is 0. The van der Waals surface area contributed by atoms with Gasteiger partial charge in [0.25, 0.3) is 0 Å². The maximum absolute atomic E-state index is 5.65. The van der Waals surface area contributed by atoms with E-state index in [-0.39, 0.29) is 6.04 Å². The van der Waals surface area contributed by atoms with Crippen molar-refractivity contribution in [2.24, 2.45) is 0 Å². The molecule has 4 heteroatoms. The second-order valence-electron chi connectivity index (χ2n) is 3.95. The van der Waals surface area contributed by atoms with Crippen LogP contribution in [0.5, 0.6) is 0 Å². The van der Waals surface area contributed by atoms with Crippen LogP contribution in [0.2, 0.25) is 0 Å². The highest BCUT2D eigenvalue weighted by atomic mass is 16.4. The Bertz CT molecular complexity index is 449. The summed E-state index contributed by atoms with van der Waals surface area (Å²) in [6.07, 6.45) is 1.62. The first-order valence-corrected chi connectivity index (χ1v) is 5.87. The summed E-state index contributed by atoms with van der Waals surface area (Å²) < 4.78 is 5.65. The quantitative estimate of drug-likeness (QED) is 0.858. The molecule has 2 rings (SSSR count). The SMILES string of the molecule is CCC(NC)c1nnc(Cc2ccccc2)o1. The van der Waals surface area contributed by atoms with Gasteiger partial charge in [-0.05, 0) is 19.0 Å². The summed E-state index contributed by atoms with van der Waals surface area (Å²) in [7, 11) is 1.90. The Balaban J connectivity index is 2.08. The molecule has 1 aromatic carbocycles.